The molecule has 0 unspecified atom stereocenters. The fraction of sp³-hybridized carbons (Fsp3) is 0.448. The average Bonchev–Trinajstić information content (AvgIpc) is 3.15. The second-order valence-corrected chi connectivity index (χ2v) is 9.58. The molecule has 6 nitrogen and oxygen atoms in total. The molecule has 0 N–H and O–H groups in total. The number of carbonyl (C=O) groups excluding carboxylic acids is 1. The first kappa shape index (κ1) is 23.8. The minimum absolute atomic E-state index is 0.0852. The molecule has 0 saturated carbocycles. The fourth-order valence-electron chi connectivity index (χ4n) is 5.27. The Kier molecular flexibility index (Phi) is 7.91. The lowest BCUT2D eigenvalue weighted by atomic mass is 9.91. The Morgan fingerprint density at radius 1 is 0.971 bits per heavy atom. The molecule has 184 valence electrons. The minimum Gasteiger partial charge on any atom is -0.491 e. The summed E-state index contributed by atoms with van der Waals surface area (Å²) in [4.78, 5) is 22.4. The molecule has 35 heavy (non-hydrogen) atoms. The summed E-state index contributed by atoms with van der Waals surface area (Å²) in [5.74, 6) is 1.34. The molecule has 5 rings (SSSR count). The largest absolute Gasteiger partial charge is 0.491 e. The van der Waals surface area contributed by atoms with Gasteiger partial charge in [0.1, 0.15) is 12.4 Å². The van der Waals surface area contributed by atoms with Gasteiger partial charge in [-0.2, -0.15) is 0 Å². The number of pyridine rings is 1. The number of hydrogen-bond donors (Lipinski definition) is 0. The van der Waals surface area contributed by atoms with E-state index in [0.29, 0.717) is 23.8 Å². The van der Waals surface area contributed by atoms with Crippen LogP contribution in [-0.4, -0.2) is 73.2 Å². The topological polar surface area (TPSA) is 54.9 Å². The summed E-state index contributed by atoms with van der Waals surface area (Å²) >= 11 is 0. The number of fused-ring (bicyclic) bond motifs is 1. The molecule has 1 atom stereocenters. The van der Waals surface area contributed by atoms with E-state index in [9.17, 15) is 4.79 Å². The van der Waals surface area contributed by atoms with Crippen molar-refractivity contribution in [1.29, 1.82) is 0 Å². The van der Waals surface area contributed by atoms with E-state index in [4.69, 9.17) is 9.47 Å². The first-order valence-corrected chi connectivity index (χ1v) is 12.9. The molecule has 2 aromatic carbocycles. The lowest BCUT2D eigenvalue weighted by Crippen LogP contribution is -2.38. The van der Waals surface area contributed by atoms with E-state index >= 15 is 0 Å². The zero-order chi connectivity index (χ0) is 23.9. The van der Waals surface area contributed by atoms with Crippen molar-refractivity contribution in [3.63, 3.8) is 0 Å². The van der Waals surface area contributed by atoms with Crippen LogP contribution in [-0.2, 0) is 11.2 Å². The highest BCUT2D eigenvalue weighted by molar-refractivity contribution is 5.97. The number of likely N-dealkylation sites (tertiary alicyclic amines) is 1. The Balaban J connectivity index is 1.19. The summed E-state index contributed by atoms with van der Waals surface area (Å²) in [5.41, 5.74) is 3.09. The number of ether oxygens (including phenoxy) is 2. The quantitative estimate of drug-likeness (QED) is 0.508. The van der Waals surface area contributed by atoms with Crippen molar-refractivity contribution in [3.05, 3.63) is 71.9 Å². The van der Waals surface area contributed by atoms with Crippen LogP contribution in [0.5, 0.6) is 5.75 Å². The Hall–Kier alpha value is -2.96. The maximum atomic E-state index is 13.5. The van der Waals surface area contributed by atoms with E-state index in [1.165, 1.54) is 10.9 Å². The van der Waals surface area contributed by atoms with E-state index in [1.54, 1.807) is 0 Å². The maximum Gasteiger partial charge on any atom is 0.257 e. The van der Waals surface area contributed by atoms with E-state index < -0.39 is 0 Å². The third-order valence-corrected chi connectivity index (χ3v) is 7.27. The van der Waals surface area contributed by atoms with Gasteiger partial charge in [-0.3, -0.25) is 14.7 Å². The van der Waals surface area contributed by atoms with Gasteiger partial charge in [-0.05, 0) is 61.4 Å². The van der Waals surface area contributed by atoms with Crippen LogP contribution >= 0.6 is 0 Å². The molecular weight excluding hydrogens is 438 g/mol. The number of amides is 1. The summed E-state index contributed by atoms with van der Waals surface area (Å²) in [6.45, 7) is 6.45. The Morgan fingerprint density at radius 2 is 1.80 bits per heavy atom. The molecule has 2 aliphatic rings. The van der Waals surface area contributed by atoms with Crippen LogP contribution in [0.2, 0.25) is 0 Å². The van der Waals surface area contributed by atoms with Crippen LogP contribution in [0.3, 0.4) is 0 Å². The van der Waals surface area contributed by atoms with Crippen molar-refractivity contribution in [2.75, 3.05) is 52.5 Å². The van der Waals surface area contributed by atoms with Crippen LogP contribution in [0.15, 0.2) is 60.8 Å². The van der Waals surface area contributed by atoms with Gasteiger partial charge in [0.15, 0.2) is 0 Å². The van der Waals surface area contributed by atoms with Crippen molar-refractivity contribution >= 4 is 16.8 Å². The van der Waals surface area contributed by atoms with Crippen molar-refractivity contribution in [1.82, 2.24) is 14.8 Å². The molecule has 2 saturated heterocycles. The van der Waals surface area contributed by atoms with Crippen molar-refractivity contribution in [3.8, 4) is 5.75 Å². The van der Waals surface area contributed by atoms with Gasteiger partial charge in [0.25, 0.3) is 5.91 Å². The number of aromatic nitrogens is 1. The second-order valence-electron chi connectivity index (χ2n) is 9.58. The molecule has 1 aromatic heterocycles. The fourth-order valence-corrected chi connectivity index (χ4v) is 5.27. The molecule has 6 heteroatoms. The van der Waals surface area contributed by atoms with Gasteiger partial charge < -0.3 is 14.4 Å². The smallest absolute Gasteiger partial charge is 0.257 e. The molecule has 2 aliphatic heterocycles. The van der Waals surface area contributed by atoms with Crippen LogP contribution < -0.4 is 4.74 Å². The predicted octanol–water partition coefficient (Wildman–Crippen LogP) is 4.43. The highest BCUT2D eigenvalue weighted by atomic mass is 16.5. The number of nitrogens with zero attached hydrogens (tertiary/aromatic N) is 3. The molecule has 2 fully saturated rings. The monoisotopic (exact) mass is 473 g/mol. The molecule has 0 bridgehead atoms. The molecule has 3 aromatic rings. The number of para-hydroxylation sites is 2. The highest BCUT2D eigenvalue weighted by Crippen LogP contribution is 2.27. The summed E-state index contributed by atoms with van der Waals surface area (Å²) in [6, 6.07) is 18.2. The van der Waals surface area contributed by atoms with Gasteiger partial charge in [0, 0.05) is 44.3 Å². The molecule has 0 aliphatic carbocycles. The first-order chi connectivity index (χ1) is 17.3. The zero-order valence-corrected chi connectivity index (χ0v) is 20.4. The van der Waals surface area contributed by atoms with Crippen LogP contribution in [0.25, 0.3) is 10.9 Å². The normalized spacial score (nSPS) is 19.4. The van der Waals surface area contributed by atoms with E-state index in [-0.39, 0.29) is 5.91 Å². The summed E-state index contributed by atoms with van der Waals surface area (Å²) in [7, 11) is 0. The minimum atomic E-state index is 0.0852. The number of carbonyl (C=O) groups is 1. The third kappa shape index (κ3) is 6.00. The summed E-state index contributed by atoms with van der Waals surface area (Å²) in [5, 5.41) is 1.25. The first-order valence-electron chi connectivity index (χ1n) is 12.9. The average molecular weight is 474 g/mol. The molecule has 0 radical (unpaired) electrons. The summed E-state index contributed by atoms with van der Waals surface area (Å²) in [6.07, 6.45) is 6.13. The van der Waals surface area contributed by atoms with E-state index in [0.717, 1.165) is 77.1 Å². The number of rotatable bonds is 7. The predicted molar refractivity (Wildman–Crippen MR) is 138 cm³/mol. The zero-order valence-electron chi connectivity index (χ0n) is 20.4. The highest BCUT2D eigenvalue weighted by Gasteiger charge is 2.24. The van der Waals surface area contributed by atoms with Crippen LogP contribution in [0, 0.1) is 5.92 Å². The van der Waals surface area contributed by atoms with Crippen LogP contribution in [0.4, 0.5) is 0 Å². The van der Waals surface area contributed by atoms with E-state index in [1.807, 2.05) is 41.4 Å². The SMILES string of the molecule is O=C(c1ccccc1OCCN1CCOCC1)N1CCC[C@@H](Cc2ccnc3ccccc23)CC1. The standard InChI is InChI=1S/C29H35N3O3/c33-29(26-8-2-4-10-28(26)35-21-18-31-16-19-34-20-17-31)32-14-5-6-23(12-15-32)22-24-11-13-30-27-9-3-1-7-25(24)27/h1-4,7-11,13,23H,5-6,12,14-22H2/t23-/m1/s1. The van der Waals surface area contributed by atoms with Gasteiger partial charge >= 0.3 is 0 Å². The van der Waals surface area contributed by atoms with E-state index in [2.05, 4.69) is 34.1 Å². The molecule has 3 heterocycles. The second kappa shape index (κ2) is 11.6. The Labute approximate surface area is 207 Å². The Bertz CT molecular complexity index is 1120. The number of morpholine rings is 1. The molecule has 0 spiro atoms. The molecule has 1 amide bonds. The van der Waals surface area contributed by atoms with Gasteiger partial charge in [-0.15, -0.1) is 0 Å². The Morgan fingerprint density at radius 3 is 2.71 bits per heavy atom. The maximum absolute atomic E-state index is 13.5. The van der Waals surface area contributed by atoms with Gasteiger partial charge in [0.05, 0.1) is 24.3 Å². The van der Waals surface area contributed by atoms with Gasteiger partial charge in [-0.1, -0.05) is 30.3 Å². The van der Waals surface area contributed by atoms with Crippen LogP contribution in [0.1, 0.15) is 35.2 Å². The van der Waals surface area contributed by atoms with Gasteiger partial charge in [-0.25, -0.2) is 0 Å². The molecular formula is C29H35N3O3. The lowest BCUT2D eigenvalue weighted by Gasteiger charge is -2.26. The number of benzene rings is 2. The number of hydrogen-bond acceptors (Lipinski definition) is 5. The van der Waals surface area contributed by atoms with Crippen molar-refractivity contribution in [2.24, 2.45) is 5.92 Å². The van der Waals surface area contributed by atoms with Gasteiger partial charge in [0.2, 0.25) is 0 Å². The lowest BCUT2D eigenvalue weighted by molar-refractivity contribution is 0.0321. The third-order valence-electron chi connectivity index (χ3n) is 7.27. The summed E-state index contributed by atoms with van der Waals surface area (Å²) < 4.78 is 11.5. The van der Waals surface area contributed by atoms with Crippen molar-refractivity contribution in [2.45, 2.75) is 25.7 Å². The van der Waals surface area contributed by atoms with Crippen molar-refractivity contribution < 1.29 is 14.3 Å².